The first-order chi connectivity index (χ1) is 13.8. The Balaban J connectivity index is 1.61. The van der Waals surface area contributed by atoms with Gasteiger partial charge in [-0.15, -0.1) is 0 Å². The Morgan fingerprint density at radius 1 is 1.11 bits per heavy atom. The Morgan fingerprint density at radius 2 is 1.96 bits per heavy atom. The van der Waals surface area contributed by atoms with Gasteiger partial charge in [0, 0.05) is 36.1 Å². The molecule has 0 fully saturated rings. The summed E-state index contributed by atoms with van der Waals surface area (Å²) in [5, 5.41) is 8.00. The van der Waals surface area contributed by atoms with Crippen LogP contribution in [0, 0.1) is 5.82 Å². The van der Waals surface area contributed by atoms with Crippen molar-refractivity contribution < 1.29 is 8.81 Å². The van der Waals surface area contributed by atoms with Crippen LogP contribution in [0.5, 0.6) is 0 Å². The van der Waals surface area contributed by atoms with Crippen LogP contribution in [-0.4, -0.2) is 26.3 Å². The van der Waals surface area contributed by atoms with Gasteiger partial charge >= 0.3 is 0 Å². The quantitative estimate of drug-likeness (QED) is 0.584. The van der Waals surface area contributed by atoms with E-state index in [0.717, 1.165) is 22.7 Å². The van der Waals surface area contributed by atoms with Crippen molar-refractivity contribution in [2.24, 2.45) is 0 Å². The first kappa shape index (κ1) is 16.4. The fraction of sp³-hybridized carbons (Fsp3) is 0.0952. The highest BCUT2D eigenvalue weighted by Gasteiger charge is 2.20. The van der Waals surface area contributed by atoms with Crippen LogP contribution >= 0.6 is 0 Å². The minimum atomic E-state index is -0.259. The van der Waals surface area contributed by atoms with E-state index in [0.29, 0.717) is 30.2 Å². The van der Waals surface area contributed by atoms with E-state index in [4.69, 9.17) is 4.42 Å². The molecule has 3 aromatic heterocycles. The van der Waals surface area contributed by atoms with Gasteiger partial charge in [0.05, 0.1) is 24.2 Å². The van der Waals surface area contributed by atoms with Gasteiger partial charge in [0.25, 0.3) is 0 Å². The lowest BCUT2D eigenvalue weighted by atomic mass is 10.1. The van der Waals surface area contributed by atoms with Gasteiger partial charge in [-0.2, -0.15) is 5.10 Å². The number of benzene rings is 1. The van der Waals surface area contributed by atoms with Gasteiger partial charge in [-0.25, -0.2) is 14.4 Å². The number of nitrogens with zero attached hydrogens (tertiary/aromatic N) is 4. The van der Waals surface area contributed by atoms with E-state index in [1.807, 2.05) is 24.3 Å². The summed E-state index contributed by atoms with van der Waals surface area (Å²) in [7, 11) is 0. The van der Waals surface area contributed by atoms with E-state index in [1.54, 1.807) is 41.5 Å². The first-order valence-corrected chi connectivity index (χ1v) is 8.89. The number of hydrogen-bond acceptors (Lipinski definition) is 5. The molecule has 0 bridgehead atoms. The van der Waals surface area contributed by atoms with Crippen molar-refractivity contribution in [2.75, 3.05) is 11.9 Å². The van der Waals surface area contributed by atoms with Gasteiger partial charge in [0.15, 0.2) is 5.82 Å². The van der Waals surface area contributed by atoms with E-state index < -0.39 is 0 Å². The van der Waals surface area contributed by atoms with E-state index in [9.17, 15) is 4.39 Å². The van der Waals surface area contributed by atoms with E-state index in [1.165, 1.54) is 6.07 Å². The molecular weight excluding hydrogens is 357 g/mol. The van der Waals surface area contributed by atoms with Crippen molar-refractivity contribution in [3.63, 3.8) is 0 Å². The number of furan rings is 1. The zero-order valence-corrected chi connectivity index (χ0v) is 14.8. The van der Waals surface area contributed by atoms with Gasteiger partial charge in [-0.05, 0) is 24.3 Å². The largest absolute Gasteiger partial charge is 0.463 e. The molecule has 1 aromatic carbocycles. The normalized spacial score (nSPS) is 13.0. The summed E-state index contributed by atoms with van der Waals surface area (Å²) >= 11 is 0. The molecule has 4 heterocycles. The lowest BCUT2D eigenvalue weighted by Crippen LogP contribution is -2.13. The minimum absolute atomic E-state index is 0.259. The zero-order valence-electron chi connectivity index (χ0n) is 14.8. The third-order valence-corrected chi connectivity index (χ3v) is 4.65. The minimum Gasteiger partial charge on any atom is -0.463 e. The molecule has 1 N–H and O–H groups in total. The molecule has 0 radical (unpaired) electrons. The Bertz CT molecular complexity index is 1160. The Morgan fingerprint density at radius 3 is 2.82 bits per heavy atom. The number of nitrogens with one attached hydrogen (secondary N) is 1. The van der Waals surface area contributed by atoms with Crippen LogP contribution < -0.4 is 5.32 Å². The summed E-state index contributed by atoms with van der Waals surface area (Å²) in [5.41, 5.74) is 4.01. The third kappa shape index (κ3) is 2.96. The highest BCUT2D eigenvalue weighted by molar-refractivity contribution is 5.88. The molecule has 7 heteroatoms. The van der Waals surface area contributed by atoms with E-state index in [-0.39, 0.29) is 5.82 Å². The van der Waals surface area contributed by atoms with Crippen molar-refractivity contribution in [3.8, 4) is 11.5 Å². The molecule has 0 spiro atoms. The summed E-state index contributed by atoms with van der Waals surface area (Å²) < 4.78 is 21.5. The van der Waals surface area contributed by atoms with Crippen LogP contribution in [0.3, 0.4) is 0 Å². The first-order valence-electron chi connectivity index (χ1n) is 8.89. The smallest absolute Gasteiger partial charge is 0.180 e. The zero-order chi connectivity index (χ0) is 18.9. The Labute approximate surface area is 160 Å². The lowest BCUT2D eigenvalue weighted by molar-refractivity contribution is 0.557. The van der Waals surface area contributed by atoms with Crippen LogP contribution in [-0.2, 0) is 6.54 Å². The van der Waals surface area contributed by atoms with Crippen molar-refractivity contribution in [1.82, 2.24) is 19.7 Å². The van der Waals surface area contributed by atoms with Crippen LogP contribution in [0.15, 0.2) is 65.5 Å². The molecule has 0 amide bonds. The number of fused-ring (bicyclic) bond motifs is 1. The van der Waals surface area contributed by atoms with E-state index in [2.05, 4.69) is 20.4 Å². The predicted molar refractivity (Wildman–Crippen MR) is 104 cm³/mol. The topological polar surface area (TPSA) is 68.8 Å². The molecule has 138 valence electrons. The molecule has 1 aliphatic rings. The molecule has 6 nitrogen and oxygen atoms in total. The fourth-order valence-corrected chi connectivity index (χ4v) is 3.27. The average molecular weight is 373 g/mol. The molecule has 0 saturated carbocycles. The van der Waals surface area contributed by atoms with Gasteiger partial charge in [0.2, 0.25) is 0 Å². The highest BCUT2D eigenvalue weighted by Crippen LogP contribution is 2.31. The molecule has 0 saturated heterocycles. The SMILES string of the molecule is Fc1ccccc1Cn1nc(-c2ncccn2)cc1C1=Cc2occc2NC1. The molecule has 1 aliphatic heterocycles. The summed E-state index contributed by atoms with van der Waals surface area (Å²) in [6.07, 6.45) is 6.98. The van der Waals surface area contributed by atoms with Crippen molar-refractivity contribution in [2.45, 2.75) is 6.54 Å². The van der Waals surface area contributed by atoms with Crippen molar-refractivity contribution >= 4 is 17.3 Å². The Kier molecular flexibility index (Phi) is 3.97. The molecule has 0 atom stereocenters. The second kappa shape index (κ2) is 6.77. The summed E-state index contributed by atoms with van der Waals surface area (Å²) in [4.78, 5) is 8.57. The average Bonchev–Trinajstić information content (AvgIpc) is 3.37. The highest BCUT2D eigenvalue weighted by atomic mass is 19.1. The standard InChI is InChI=1S/C21H16FN5O/c22-16-5-2-1-4-14(16)13-27-19(11-18(26-27)21-23-7-3-8-24-21)15-10-20-17(25-12-15)6-9-28-20/h1-11,25H,12-13H2. The fourth-order valence-electron chi connectivity index (χ4n) is 3.27. The predicted octanol–water partition coefficient (Wildman–Crippen LogP) is 4.09. The number of anilines is 1. The van der Waals surface area contributed by atoms with E-state index >= 15 is 0 Å². The summed E-state index contributed by atoms with van der Waals surface area (Å²) in [5.74, 6) is 1.03. The van der Waals surface area contributed by atoms with Gasteiger partial charge in [0.1, 0.15) is 17.3 Å². The number of aromatic nitrogens is 4. The van der Waals surface area contributed by atoms with Crippen LogP contribution in [0.4, 0.5) is 10.1 Å². The Hall–Kier alpha value is -3.74. The molecule has 0 unspecified atom stereocenters. The number of halogens is 1. The molecule has 5 rings (SSSR count). The summed E-state index contributed by atoms with van der Waals surface area (Å²) in [6.45, 7) is 0.918. The van der Waals surface area contributed by atoms with Gasteiger partial charge < -0.3 is 9.73 Å². The molecular formula is C21H16FN5O. The second-order valence-electron chi connectivity index (χ2n) is 6.46. The maximum Gasteiger partial charge on any atom is 0.180 e. The van der Waals surface area contributed by atoms with Gasteiger partial charge in [-0.1, -0.05) is 18.2 Å². The van der Waals surface area contributed by atoms with Crippen LogP contribution in [0.2, 0.25) is 0 Å². The monoisotopic (exact) mass is 373 g/mol. The second-order valence-corrected chi connectivity index (χ2v) is 6.46. The maximum absolute atomic E-state index is 14.2. The third-order valence-electron chi connectivity index (χ3n) is 4.65. The molecule has 0 aliphatic carbocycles. The van der Waals surface area contributed by atoms with Crippen molar-refractivity contribution in [1.29, 1.82) is 0 Å². The van der Waals surface area contributed by atoms with Gasteiger partial charge in [-0.3, -0.25) is 4.68 Å². The lowest BCUT2D eigenvalue weighted by Gasteiger charge is -2.16. The summed E-state index contributed by atoms with van der Waals surface area (Å²) in [6, 6.07) is 12.3. The molecule has 28 heavy (non-hydrogen) atoms. The molecule has 4 aromatic rings. The van der Waals surface area contributed by atoms with Crippen LogP contribution in [0.25, 0.3) is 23.2 Å². The maximum atomic E-state index is 14.2. The van der Waals surface area contributed by atoms with Crippen molar-refractivity contribution in [3.05, 3.63) is 84.0 Å². The number of hydrogen-bond donors (Lipinski definition) is 1. The van der Waals surface area contributed by atoms with Crippen LogP contribution in [0.1, 0.15) is 17.0 Å². The number of rotatable bonds is 4.